The fraction of sp³-hybridized carbons (Fsp3) is 0.500. The van der Waals surface area contributed by atoms with E-state index in [1.54, 1.807) is 19.9 Å². The molecular formula is C24H29FN6O5. The number of rotatable bonds is 7. The van der Waals surface area contributed by atoms with E-state index < -0.39 is 12.0 Å². The van der Waals surface area contributed by atoms with Crippen molar-refractivity contribution in [3.05, 3.63) is 35.9 Å². The van der Waals surface area contributed by atoms with E-state index in [4.69, 9.17) is 19.0 Å². The molecule has 0 radical (unpaired) electrons. The van der Waals surface area contributed by atoms with Crippen LogP contribution in [0.3, 0.4) is 0 Å². The van der Waals surface area contributed by atoms with Gasteiger partial charge in [-0.25, -0.2) is 19.2 Å². The van der Waals surface area contributed by atoms with Gasteiger partial charge in [-0.1, -0.05) is 0 Å². The van der Waals surface area contributed by atoms with Gasteiger partial charge in [-0.05, 0) is 32.0 Å². The van der Waals surface area contributed by atoms with Crippen LogP contribution in [-0.4, -0.2) is 72.8 Å². The zero-order chi connectivity index (χ0) is 25.5. The van der Waals surface area contributed by atoms with Gasteiger partial charge in [0.05, 0.1) is 25.0 Å². The van der Waals surface area contributed by atoms with Gasteiger partial charge in [0.2, 0.25) is 5.88 Å². The molecule has 3 heterocycles. The summed E-state index contributed by atoms with van der Waals surface area (Å²) in [5.74, 6) is -0.205. The first kappa shape index (κ1) is 25.4. The minimum atomic E-state index is -0.743. The summed E-state index contributed by atoms with van der Waals surface area (Å²) >= 11 is 0. The Morgan fingerprint density at radius 2 is 1.97 bits per heavy atom. The van der Waals surface area contributed by atoms with E-state index in [-0.39, 0.29) is 35.2 Å². The maximum atomic E-state index is 14.9. The summed E-state index contributed by atoms with van der Waals surface area (Å²) < 4.78 is 31.2. The Kier molecular flexibility index (Phi) is 8.35. The standard InChI is InChI=1S/C24H29FN6O5/c1-16(2)34-24(32)36-31-7-5-18(6-8-31)35-23-19(14-26)22(27-15-28-23)29-21-4-3-17(13-20(21)25)30-9-11-33-12-10-30/h3-4,13,15-16,18H,5-12H2,1-2H3,(H,27,28,29). The second kappa shape index (κ2) is 11.8. The zero-order valence-electron chi connectivity index (χ0n) is 20.3. The molecule has 192 valence electrons. The van der Waals surface area contributed by atoms with Crippen molar-refractivity contribution in [3.8, 4) is 11.9 Å². The fourth-order valence-electron chi connectivity index (χ4n) is 3.92. The van der Waals surface area contributed by atoms with E-state index in [1.165, 1.54) is 17.5 Å². The molecule has 11 nitrogen and oxygen atoms in total. The summed E-state index contributed by atoms with van der Waals surface area (Å²) in [6.07, 6.45) is 1.10. The van der Waals surface area contributed by atoms with Crippen LogP contribution in [0.25, 0.3) is 0 Å². The monoisotopic (exact) mass is 500 g/mol. The highest BCUT2D eigenvalue weighted by Crippen LogP contribution is 2.29. The summed E-state index contributed by atoms with van der Waals surface area (Å²) in [7, 11) is 0. The van der Waals surface area contributed by atoms with E-state index in [0.717, 1.165) is 5.69 Å². The first-order valence-electron chi connectivity index (χ1n) is 11.9. The smallest absolute Gasteiger partial charge is 0.473 e. The number of morpholine rings is 1. The molecule has 0 spiro atoms. The zero-order valence-corrected chi connectivity index (χ0v) is 20.3. The number of ether oxygens (including phenoxy) is 3. The summed E-state index contributed by atoms with van der Waals surface area (Å²) in [6, 6.07) is 6.93. The third-order valence-electron chi connectivity index (χ3n) is 5.72. The number of nitrogens with one attached hydrogen (secondary N) is 1. The Balaban J connectivity index is 1.38. The molecule has 1 aromatic carbocycles. The second-order valence-corrected chi connectivity index (χ2v) is 8.66. The van der Waals surface area contributed by atoms with Gasteiger partial charge in [-0.15, -0.1) is 5.06 Å². The first-order valence-corrected chi connectivity index (χ1v) is 11.9. The molecule has 1 aromatic heterocycles. The third-order valence-corrected chi connectivity index (χ3v) is 5.72. The molecule has 0 saturated carbocycles. The van der Waals surface area contributed by atoms with E-state index in [0.29, 0.717) is 52.2 Å². The number of piperidine rings is 1. The van der Waals surface area contributed by atoms with Crippen LogP contribution < -0.4 is 15.0 Å². The van der Waals surface area contributed by atoms with Crippen LogP contribution in [0.15, 0.2) is 24.5 Å². The Morgan fingerprint density at radius 3 is 2.64 bits per heavy atom. The summed E-state index contributed by atoms with van der Waals surface area (Å²) in [5, 5.41) is 14.2. The minimum absolute atomic E-state index is 0.0772. The molecule has 4 rings (SSSR count). The Bertz CT molecular complexity index is 1100. The normalized spacial score (nSPS) is 16.9. The number of hydroxylamine groups is 2. The molecule has 0 aliphatic carbocycles. The van der Waals surface area contributed by atoms with Crippen LogP contribution in [0.5, 0.6) is 5.88 Å². The number of nitriles is 1. The highest BCUT2D eigenvalue weighted by Gasteiger charge is 2.26. The summed E-state index contributed by atoms with van der Waals surface area (Å²) in [5.41, 5.74) is 1.03. The summed E-state index contributed by atoms with van der Waals surface area (Å²) in [4.78, 5) is 27.1. The highest BCUT2D eigenvalue weighted by atomic mass is 19.1. The minimum Gasteiger partial charge on any atom is -0.473 e. The molecule has 12 heteroatoms. The largest absolute Gasteiger partial charge is 0.528 e. The van der Waals surface area contributed by atoms with Gasteiger partial charge in [-0.3, -0.25) is 0 Å². The molecule has 2 aliphatic rings. The van der Waals surface area contributed by atoms with Crippen LogP contribution in [0, 0.1) is 17.1 Å². The maximum absolute atomic E-state index is 14.9. The lowest BCUT2D eigenvalue weighted by molar-refractivity contribution is -0.151. The average Bonchev–Trinajstić information content (AvgIpc) is 2.86. The number of hydrogen-bond acceptors (Lipinski definition) is 11. The Morgan fingerprint density at radius 1 is 1.22 bits per heavy atom. The third kappa shape index (κ3) is 6.50. The Labute approximate surface area is 208 Å². The lowest BCUT2D eigenvalue weighted by Gasteiger charge is -2.30. The molecule has 2 aromatic rings. The molecule has 2 fully saturated rings. The second-order valence-electron chi connectivity index (χ2n) is 8.66. The van der Waals surface area contributed by atoms with Crippen LogP contribution in [-0.2, 0) is 14.3 Å². The number of carbonyl (C=O) groups is 1. The first-order chi connectivity index (χ1) is 17.4. The van der Waals surface area contributed by atoms with E-state index >= 15 is 0 Å². The SMILES string of the molecule is CC(C)OC(=O)ON1CCC(Oc2ncnc(Nc3ccc(N4CCOCC4)cc3F)c2C#N)CC1. The molecule has 0 atom stereocenters. The van der Waals surface area contributed by atoms with Crippen molar-refractivity contribution in [2.24, 2.45) is 0 Å². The van der Waals surface area contributed by atoms with Crippen LogP contribution >= 0.6 is 0 Å². The van der Waals surface area contributed by atoms with Gasteiger partial charge in [0.25, 0.3) is 0 Å². The molecule has 2 aliphatic heterocycles. The molecule has 1 N–H and O–H groups in total. The van der Waals surface area contributed by atoms with Gasteiger partial charge in [0.15, 0.2) is 11.4 Å². The van der Waals surface area contributed by atoms with Crippen molar-refractivity contribution in [1.82, 2.24) is 15.0 Å². The number of nitrogens with zero attached hydrogens (tertiary/aromatic N) is 5. The molecule has 0 unspecified atom stereocenters. The van der Waals surface area contributed by atoms with Crippen LogP contribution in [0.2, 0.25) is 0 Å². The van der Waals surface area contributed by atoms with Gasteiger partial charge in [0, 0.05) is 44.7 Å². The fourth-order valence-corrected chi connectivity index (χ4v) is 3.92. The van der Waals surface area contributed by atoms with E-state index in [9.17, 15) is 14.4 Å². The number of anilines is 3. The topological polar surface area (TPSA) is 122 Å². The average molecular weight is 501 g/mol. The van der Waals surface area contributed by atoms with Crippen molar-refractivity contribution < 1.29 is 28.2 Å². The molecule has 2 saturated heterocycles. The number of hydrogen-bond donors (Lipinski definition) is 1. The number of halogens is 1. The van der Waals surface area contributed by atoms with Crippen LogP contribution in [0.4, 0.5) is 26.4 Å². The van der Waals surface area contributed by atoms with Crippen molar-refractivity contribution in [2.75, 3.05) is 49.6 Å². The Hall–Kier alpha value is -3.69. The quantitative estimate of drug-likeness (QED) is 0.563. The van der Waals surface area contributed by atoms with Crippen molar-refractivity contribution in [3.63, 3.8) is 0 Å². The molecule has 0 amide bonds. The van der Waals surface area contributed by atoms with E-state index in [2.05, 4.69) is 26.3 Å². The van der Waals surface area contributed by atoms with Crippen LogP contribution in [0.1, 0.15) is 32.3 Å². The van der Waals surface area contributed by atoms with E-state index in [1.807, 2.05) is 6.07 Å². The number of carbonyl (C=O) groups excluding carboxylic acids is 1. The predicted octanol–water partition coefficient (Wildman–Crippen LogP) is 3.39. The van der Waals surface area contributed by atoms with Crippen molar-refractivity contribution >= 4 is 23.3 Å². The van der Waals surface area contributed by atoms with Crippen molar-refractivity contribution in [1.29, 1.82) is 5.26 Å². The molecule has 0 bridgehead atoms. The van der Waals surface area contributed by atoms with Gasteiger partial charge in [-0.2, -0.15) is 5.26 Å². The number of aromatic nitrogens is 2. The lowest BCUT2D eigenvalue weighted by atomic mass is 10.1. The van der Waals surface area contributed by atoms with Gasteiger partial charge >= 0.3 is 6.16 Å². The van der Waals surface area contributed by atoms with Crippen molar-refractivity contribution in [2.45, 2.75) is 38.9 Å². The van der Waals surface area contributed by atoms with Gasteiger partial charge in [0.1, 0.15) is 24.3 Å². The lowest BCUT2D eigenvalue weighted by Crippen LogP contribution is -2.40. The predicted molar refractivity (Wildman–Crippen MR) is 127 cm³/mol. The highest BCUT2D eigenvalue weighted by molar-refractivity contribution is 5.67. The maximum Gasteiger partial charge on any atom is 0.528 e. The number of benzene rings is 1. The molecule has 36 heavy (non-hydrogen) atoms. The molecular weight excluding hydrogens is 471 g/mol. The van der Waals surface area contributed by atoms with Gasteiger partial charge < -0.3 is 29.3 Å². The summed E-state index contributed by atoms with van der Waals surface area (Å²) in [6.45, 7) is 6.98.